The molecule has 0 aliphatic heterocycles. The number of fused-ring (bicyclic) bond motifs is 1. The zero-order chi connectivity index (χ0) is 28.8. The predicted molar refractivity (Wildman–Crippen MR) is 158 cm³/mol. The van der Waals surface area contributed by atoms with Gasteiger partial charge in [0.1, 0.15) is 5.76 Å². The average molecular weight is 550 g/mol. The molecular weight excluding hydrogens is 518 g/mol. The van der Waals surface area contributed by atoms with Crippen LogP contribution in [0, 0.1) is 13.8 Å². The van der Waals surface area contributed by atoms with Gasteiger partial charge in [0.25, 0.3) is 17.4 Å². The quantitative estimate of drug-likeness (QED) is 0.270. The molecule has 0 unspecified atom stereocenters. The van der Waals surface area contributed by atoms with E-state index < -0.39 is 0 Å². The molecule has 2 aromatic carbocycles. The highest BCUT2D eigenvalue weighted by Gasteiger charge is 2.30. The molecule has 6 rings (SSSR count). The fourth-order valence-corrected chi connectivity index (χ4v) is 5.41. The molecule has 3 aromatic heterocycles. The Labute approximate surface area is 236 Å². The van der Waals surface area contributed by atoms with Gasteiger partial charge in [0.05, 0.1) is 17.1 Å². The normalized spacial score (nSPS) is 13.0. The van der Waals surface area contributed by atoms with Gasteiger partial charge in [-0.15, -0.1) is 0 Å². The molecule has 9 nitrogen and oxygen atoms in total. The Morgan fingerprint density at radius 3 is 2.41 bits per heavy atom. The van der Waals surface area contributed by atoms with E-state index in [4.69, 9.17) is 4.52 Å². The lowest BCUT2D eigenvalue weighted by Crippen LogP contribution is -2.19. The van der Waals surface area contributed by atoms with Crippen molar-refractivity contribution in [2.75, 3.05) is 12.4 Å². The van der Waals surface area contributed by atoms with Gasteiger partial charge < -0.3 is 19.7 Å². The molecule has 41 heavy (non-hydrogen) atoms. The number of aromatic nitrogens is 3. The number of hydrogen-bond donors (Lipinski definition) is 2. The van der Waals surface area contributed by atoms with Gasteiger partial charge in [-0.25, -0.2) is 4.98 Å². The molecule has 0 atom stereocenters. The Hall–Kier alpha value is -4.92. The van der Waals surface area contributed by atoms with Gasteiger partial charge >= 0.3 is 0 Å². The van der Waals surface area contributed by atoms with Crippen LogP contribution in [0.2, 0.25) is 0 Å². The average Bonchev–Trinajstić information content (AvgIpc) is 3.68. The number of pyridine rings is 1. The van der Waals surface area contributed by atoms with Crippen molar-refractivity contribution in [1.29, 1.82) is 0 Å². The predicted octanol–water partition coefficient (Wildman–Crippen LogP) is 5.71. The monoisotopic (exact) mass is 549 g/mol. The highest BCUT2D eigenvalue weighted by molar-refractivity contribution is 6.12. The zero-order valence-electron chi connectivity index (χ0n) is 23.4. The first kappa shape index (κ1) is 26.3. The Morgan fingerprint density at radius 1 is 1.00 bits per heavy atom. The molecule has 1 saturated carbocycles. The lowest BCUT2D eigenvalue weighted by molar-refractivity contribution is 0.0961. The van der Waals surface area contributed by atoms with Crippen LogP contribution in [-0.4, -0.2) is 33.2 Å². The van der Waals surface area contributed by atoms with E-state index in [1.165, 1.54) is 4.74 Å². The Balaban J connectivity index is 1.37. The molecule has 1 aliphatic carbocycles. The number of hydrogen-bond acceptors (Lipinski definition) is 5. The maximum atomic E-state index is 13.5. The van der Waals surface area contributed by atoms with Crippen LogP contribution in [0.25, 0.3) is 33.3 Å². The highest BCUT2D eigenvalue weighted by atomic mass is 16.5. The fraction of sp³-hybridized carbons (Fsp3) is 0.250. The molecular formula is C32H31N5O4. The van der Waals surface area contributed by atoms with Crippen molar-refractivity contribution < 1.29 is 14.1 Å². The SMILES string of the molecule is CCn1c(-c2ccc(-c3c(C)on(C4CC4)c3=O)cc2)cc2cc(C)nc(C(=O)Nc3cccc(C(=O)NC)c3)c21. The molecule has 1 aliphatic rings. The summed E-state index contributed by atoms with van der Waals surface area (Å²) in [4.78, 5) is 43.2. The van der Waals surface area contributed by atoms with Crippen LogP contribution in [0.1, 0.15) is 58.1 Å². The van der Waals surface area contributed by atoms with E-state index >= 15 is 0 Å². The molecule has 9 heteroatoms. The maximum Gasteiger partial charge on any atom is 0.290 e. The second-order valence-corrected chi connectivity index (χ2v) is 10.4. The molecule has 2 N–H and O–H groups in total. The van der Waals surface area contributed by atoms with Crippen LogP contribution in [0.5, 0.6) is 0 Å². The van der Waals surface area contributed by atoms with Crippen LogP contribution in [-0.2, 0) is 6.54 Å². The minimum Gasteiger partial charge on any atom is -0.380 e. The van der Waals surface area contributed by atoms with Gasteiger partial charge in [0.2, 0.25) is 0 Å². The molecule has 0 spiro atoms. The zero-order valence-corrected chi connectivity index (χ0v) is 23.4. The number of aryl methyl sites for hydroxylation is 3. The summed E-state index contributed by atoms with van der Waals surface area (Å²) in [5.41, 5.74) is 5.95. The summed E-state index contributed by atoms with van der Waals surface area (Å²) in [7, 11) is 1.56. The van der Waals surface area contributed by atoms with Gasteiger partial charge in [-0.2, -0.15) is 4.74 Å². The van der Waals surface area contributed by atoms with Crippen molar-refractivity contribution in [1.82, 2.24) is 19.6 Å². The van der Waals surface area contributed by atoms with E-state index in [1.54, 1.807) is 31.3 Å². The lowest BCUT2D eigenvalue weighted by atomic mass is 10.0. The standard InChI is InChI=1S/C32H31N5O4/c1-5-36-26(20-9-11-21(12-10-20)27-19(3)41-37(32(27)40)25-13-14-25)17-23-15-18(2)34-28(29(23)36)31(39)35-24-8-6-7-22(16-24)30(38)33-4/h6-12,15-17,25H,5,13-14H2,1-4H3,(H,33,38)(H,35,39). The van der Waals surface area contributed by atoms with E-state index in [0.29, 0.717) is 34.8 Å². The molecule has 5 aromatic rings. The fourth-order valence-electron chi connectivity index (χ4n) is 5.41. The third-order valence-corrected chi connectivity index (χ3v) is 7.49. The first-order chi connectivity index (χ1) is 19.8. The Kier molecular flexibility index (Phi) is 6.57. The van der Waals surface area contributed by atoms with Crippen molar-refractivity contribution in [2.24, 2.45) is 0 Å². The second kappa shape index (κ2) is 10.2. The van der Waals surface area contributed by atoms with Crippen molar-refractivity contribution in [3.8, 4) is 22.4 Å². The molecule has 2 amide bonds. The van der Waals surface area contributed by atoms with Crippen LogP contribution >= 0.6 is 0 Å². The van der Waals surface area contributed by atoms with E-state index in [2.05, 4.69) is 26.3 Å². The highest BCUT2D eigenvalue weighted by Crippen LogP contribution is 2.36. The molecule has 0 saturated heterocycles. The summed E-state index contributed by atoms with van der Waals surface area (Å²) in [6.45, 7) is 6.34. The smallest absolute Gasteiger partial charge is 0.290 e. The summed E-state index contributed by atoms with van der Waals surface area (Å²) in [5.74, 6) is 0.0319. The molecule has 1 fully saturated rings. The molecule has 0 bridgehead atoms. The number of benzene rings is 2. The van der Waals surface area contributed by atoms with Crippen LogP contribution in [0.3, 0.4) is 0 Å². The number of nitrogens with zero attached hydrogens (tertiary/aromatic N) is 3. The van der Waals surface area contributed by atoms with Gasteiger partial charge in [-0.1, -0.05) is 30.3 Å². The van der Waals surface area contributed by atoms with Crippen molar-refractivity contribution in [3.63, 3.8) is 0 Å². The van der Waals surface area contributed by atoms with Crippen LogP contribution in [0.15, 0.2) is 70.0 Å². The van der Waals surface area contributed by atoms with Gasteiger partial charge in [-0.3, -0.25) is 14.4 Å². The van der Waals surface area contributed by atoms with E-state index in [0.717, 1.165) is 46.3 Å². The van der Waals surface area contributed by atoms with Crippen LogP contribution in [0.4, 0.5) is 5.69 Å². The summed E-state index contributed by atoms with van der Waals surface area (Å²) < 4.78 is 9.35. The van der Waals surface area contributed by atoms with E-state index in [9.17, 15) is 14.4 Å². The van der Waals surface area contributed by atoms with Gasteiger partial charge in [-0.05, 0) is 75.1 Å². The topological polar surface area (TPSA) is 111 Å². The Bertz CT molecular complexity index is 1870. The van der Waals surface area contributed by atoms with E-state index in [1.807, 2.05) is 51.1 Å². The van der Waals surface area contributed by atoms with Crippen LogP contribution < -0.4 is 16.2 Å². The molecule has 3 heterocycles. The number of nitrogens with one attached hydrogen (secondary N) is 2. The third kappa shape index (κ3) is 4.73. The first-order valence-electron chi connectivity index (χ1n) is 13.8. The van der Waals surface area contributed by atoms with Crippen molar-refractivity contribution in [2.45, 2.75) is 46.2 Å². The van der Waals surface area contributed by atoms with E-state index in [-0.39, 0.29) is 23.4 Å². The number of anilines is 1. The summed E-state index contributed by atoms with van der Waals surface area (Å²) >= 11 is 0. The summed E-state index contributed by atoms with van der Waals surface area (Å²) in [5, 5.41) is 6.41. The van der Waals surface area contributed by atoms with Gasteiger partial charge in [0.15, 0.2) is 5.69 Å². The minimum absolute atomic E-state index is 0.0847. The minimum atomic E-state index is -0.357. The first-order valence-corrected chi connectivity index (χ1v) is 13.8. The number of rotatable bonds is 7. The molecule has 208 valence electrons. The number of carbonyl (C=O) groups is 2. The van der Waals surface area contributed by atoms with Gasteiger partial charge in [0, 0.05) is 41.6 Å². The van der Waals surface area contributed by atoms with Crippen molar-refractivity contribution >= 4 is 28.4 Å². The maximum absolute atomic E-state index is 13.5. The summed E-state index contributed by atoms with van der Waals surface area (Å²) in [6.07, 6.45) is 1.95. The largest absolute Gasteiger partial charge is 0.380 e. The number of amides is 2. The summed E-state index contributed by atoms with van der Waals surface area (Å²) in [6, 6.07) is 18.9. The Morgan fingerprint density at radius 2 is 1.73 bits per heavy atom. The number of carbonyl (C=O) groups excluding carboxylic acids is 2. The van der Waals surface area contributed by atoms with Crippen molar-refractivity contribution in [3.05, 3.63) is 93.7 Å². The second-order valence-electron chi connectivity index (χ2n) is 10.4. The lowest BCUT2D eigenvalue weighted by Gasteiger charge is -2.12. The molecule has 0 radical (unpaired) electrons. The third-order valence-electron chi connectivity index (χ3n) is 7.49.